The first kappa shape index (κ1) is 27.1. The van der Waals surface area contributed by atoms with E-state index in [0.29, 0.717) is 49.5 Å². The summed E-state index contributed by atoms with van der Waals surface area (Å²) in [6, 6.07) is -1.29. The lowest BCUT2D eigenvalue weighted by atomic mass is 10.1. The molecule has 36 heavy (non-hydrogen) atoms. The van der Waals surface area contributed by atoms with E-state index in [0.717, 1.165) is 5.82 Å². The molecule has 1 fully saturated rings. The molecule has 0 bridgehead atoms. The number of likely N-dealkylation sites (N-methyl/N-ethyl adjacent to an activating group) is 1. The standard InChI is InChI=1S/C22H34N10O3S/c1-12-28-15(10-31(12)3)21(35)32-9-13(23)8-17(32)20-30-16(11-36-20)19(34)29-14(18(33)26-2)6-4-5-7-27-22(24)25/h10-11,13-14,17H,4-9,23H2,1-3H3,(H,26,33)(H,29,34)(H4,24,25,27)/t13-,14+,17+/m1/s1. The van der Waals surface area contributed by atoms with Crippen molar-refractivity contribution < 1.29 is 14.4 Å². The van der Waals surface area contributed by atoms with Crippen molar-refractivity contribution in [3.8, 4) is 0 Å². The number of likely N-dealkylation sites (tertiary alicyclic amines) is 1. The molecule has 3 heterocycles. The Morgan fingerprint density at radius 1 is 1.28 bits per heavy atom. The van der Waals surface area contributed by atoms with Crippen molar-refractivity contribution in [2.75, 3.05) is 20.1 Å². The predicted octanol–water partition coefficient (Wildman–Crippen LogP) is -0.403. The Labute approximate surface area is 213 Å². The molecule has 3 amide bonds. The maximum Gasteiger partial charge on any atom is 0.274 e. The lowest BCUT2D eigenvalue weighted by molar-refractivity contribution is -0.122. The van der Waals surface area contributed by atoms with Crippen LogP contribution < -0.4 is 27.4 Å². The number of amides is 3. The number of imidazole rings is 1. The highest BCUT2D eigenvalue weighted by Gasteiger charge is 2.38. The SMILES string of the molecule is CNC(=O)[C@H](CCCCNC(=N)N)NC(=O)c1csc([C@@H]2C[C@@H](N)CN2C(=O)c2cn(C)c(C)n2)n1. The van der Waals surface area contributed by atoms with Gasteiger partial charge in [0.25, 0.3) is 11.8 Å². The van der Waals surface area contributed by atoms with Crippen LogP contribution in [0.2, 0.25) is 0 Å². The molecule has 2 aromatic heterocycles. The molecule has 1 aliphatic rings. The van der Waals surface area contributed by atoms with Gasteiger partial charge in [0.1, 0.15) is 28.3 Å². The summed E-state index contributed by atoms with van der Waals surface area (Å²) in [7, 11) is 3.34. The first-order valence-corrected chi connectivity index (χ1v) is 12.6. The van der Waals surface area contributed by atoms with Gasteiger partial charge in [-0.05, 0) is 32.6 Å². The number of hydrogen-bond donors (Lipinski definition) is 6. The highest BCUT2D eigenvalue weighted by Crippen LogP contribution is 2.34. The van der Waals surface area contributed by atoms with Crippen LogP contribution in [0.3, 0.4) is 0 Å². The zero-order chi connectivity index (χ0) is 26.4. The van der Waals surface area contributed by atoms with Gasteiger partial charge in [-0.1, -0.05) is 0 Å². The van der Waals surface area contributed by atoms with Crippen molar-refractivity contribution in [3.63, 3.8) is 0 Å². The second-order valence-electron chi connectivity index (χ2n) is 8.80. The summed E-state index contributed by atoms with van der Waals surface area (Å²) in [5.74, 6) is -0.371. The van der Waals surface area contributed by atoms with Crippen LogP contribution in [0.4, 0.5) is 0 Å². The monoisotopic (exact) mass is 518 g/mol. The van der Waals surface area contributed by atoms with Crippen molar-refractivity contribution in [2.24, 2.45) is 18.5 Å². The van der Waals surface area contributed by atoms with Gasteiger partial charge in [-0.15, -0.1) is 11.3 Å². The third-order valence-corrected chi connectivity index (χ3v) is 7.01. The van der Waals surface area contributed by atoms with Crippen LogP contribution in [0.25, 0.3) is 0 Å². The Morgan fingerprint density at radius 3 is 2.67 bits per heavy atom. The van der Waals surface area contributed by atoms with Crippen LogP contribution in [0, 0.1) is 12.3 Å². The van der Waals surface area contributed by atoms with Gasteiger partial charge in [-0.25, -0.2) is 9.97 Å². The van der Waals surface area contributed by atoms with Crippen molar-refractivity contribution in [3.05, 3.63) is 33.8 Å². The predicted molar refractivity (Wildman–Crippen MR) is 136 cm³/mol. The Bertz CT molecular complexity index is 1090. The quantitative estimate of drug-likeness (QED) is 0.139. The van der Waals surface area contributed by atoms with Gasteiger partial charge in [-0.3, -0.25) is 19.8 Å². The molecule has 1 aliphatic heterocycles. The van der Waals surface area contributed by atoms with Crippen molar-refractivity contribution >= 4 is 35.0 Å². The highest BCUT2D eigenvalue weighted by atomic mass is 32.1. The maximum atomic E-state index is 13.1. The number of aryl methyl sites for hydroxylation is 2. The molecule has 1 saturated heterocycles. The maximum absolute atomic E-state index is 13.1. The van der Waals surface area contributed by atoms with E-state index < -0.39 is 11.9 Å². The minimum Gasteiger partial charge on any atom is -0.370 e. The van der Waals surface area contributed by atoms with Crippen LogP contribution in [0.1, 0.15) is 63.5 Å². The summed E-state index contributed by atoms with van der Waals surface area (Å²) in [6.07, 6.45) is 3.97. The summed E-state index contributed by atoms with van der Waals surface area (Å²) in [6.45, 7) is 2.71. The minimum atomic E-state index is -0.727. The molecule has 13 nitrogen and oxygen atoms in total. The number of nitrogens with one attached hydrogen (secondary N) is 4. The van der Waals surface area contributed by atoms with Gasteiger partial charge in [0.15, 0.2) is 5.96 Å². The Morgan fingerprint density at radius 2 is 2.03 bits per heavy atom. The fourth-order valence-electron chi connectivity index (χ4n) is 4.05. The van der Waals surface area contributed by atoms with Crippen molar-refractivity contribution in [1.82, 2.24) is 35.4 Å². The second-order valence-corrected chi connectivity index (χ2v) is 9.69. The molecule has 14 heteroatoms. The molecule has 0 spiro atoms. The number of guanidine groups is 1. The fraction of sp³-hybridized carbons (Fsp3) is 0.545. The van der Waals surface area contributed by atoms with Crippen LogP contribution >= 0.6 is 11.3 Å². The molecule has 3 atom stereocenters. The van der Waals surface area contributed by atoms with Gasteiger partial charge in [0.05, 0.1) is 6.04 Å². The van der Waals surface area contributed by atoms with E-state index in [9.17, 15) is 14.4 Å². The number of unbranched alkanes of at least 4 members (excludes halogenated alkanes) is 1. The first-order chi connectivity index (χ1) is 17.1. The number of carbonyl (C=O) groups excluding carboxylic acids is 3. The molecule has 0 unspecified atom stereocenters. The van der Waals surface area contributed by atoms with Crippen molar-refractivity contribution in [2.45, 2.75) is 50.7 Å². The topological polar surface area (TPSA) is 197 Å². The summed E-state index contributed by atoms with van der Waals surface area (Å²) in [5, 5.41) is 17.4. The number of nitrogens with two attached hydrogens (primary N) is 2. The summed E-state index contributed by atoms with van der Waals surface area (Å²) >= 11 is 1.28. The number of hydrogen-bond acceptors (Lipinski definition) is 8. The molecule has 3 rings (SSSR count). The van der Waals surface area contributed by atoms with Gasteiger partial charge < -0.3 is 36.9 Å². The molecule has 196 valence electrons. The summed E-state index contributed by atoms with van der Waals surface area (Å²) in [4.78, 5) is 48.8. The van der Waals surface area contributed by atoms with Crippen LogP contribution in [-0.2, 0) is 11.8 Å². The number of nitrogens with zero attached hydrogens (tertiary/aromatic N) is 4. The average Bonchev–Trinajstić information content (AvgIpc) is 3.55. The van der Waals surface area contributed by atoms with Gasteiger partial charge >= 0.3 is 0 Å². The number of carbonyl (C=O) groups is 3. The third kappa shape index (κ3) is 6.57. The lowest BCUT2D eigenvalue weighted by Gasteiger charge is -2.22. The van der Waals surface area contributed by atoms with Crippen LogP contribution in [0.5, 0.6) is 0 Å². The zero-order valence-electron chi connectivity index (χ0n) is 20.7. The second kappa shape index (κ2) is 11.9. The Balaban J connectivity index is 1.66. The van der Waals surface area contributed by atoms with E-state index in [-0.39, 0.29) is 35.6 Å². The summed E-state index contributed by atoms with van der Waals surface area (Å²) < 4.78 is 1.78. The van der Waals surface area contributed by atoms with E-state index in [1.54, 1.807) is 21.0 Å². The molecule has 0 saturated carbocycles. The molecule has 2 aromatic rings. The normalized spacial score (nSPS) is 18.1. The van der Waals surface area contributed by atoms with E-state index in [1.165, 1.54) is 18.4 Å². The minimum absolute atomic E-state index is 0.107. The third-order valence-electron chi connectivity index (χ3n) is 6.06. The highest BCUT2D eigenvalue weighted by molar-refractivity contribution is 7.09. The van der Waals surface area contributed by atoms with Crippen LogP contribution in [-0.4, -0.2) is 75.3 Å². The lowest BCUT2D eigenvalue weighted by Crippen LogP contribution is -2.45. The van der Waals surface area contributed by atoms with E-state index in [4.69, 9.17) is 16.9 Å². The largest absolute Gasteiger partial charge is 0.370 e. The van der Waals surface area contributed by atoms with Crippen LogP contribution in [0.15, 0.2) is 11.6 Å². The molecular formula is C22H34N10O3S. The number of thiazole rings is 1. The average molecular weight is 519 g/mol. The number of rotatable bonds is 10. The van der Waals surface area contributed by atoms with Gasteiger partial charge in [0.2, 0.25) is 5.91 Å². The Hall–Kier alpha value is -3.52. The van der Waals surface area contributed by atoms with Crippen molar-refractivity contribution in [1.29, 1.82) is 5.41 Å². The summed E-state index contributed by atoms with van der Waals surface area (Å²) in [5.41, 5.74) is 12.0. The van der Waals surface area contributed by atoms with Gasteiger partial charge in [-0.2, -0.15) is 0 Å². The smallest absolute Gasteiger partial charge is 0.274 e. The fourth-order valence-corrected chi connectivity index (χ4v) is 4.98. The molecule has 0 aromatic carbocycles. The first-order valence-electron chi connectivity index (χ1n) is 11.7. The van der Waals surface area contributed by atoms with E-state index >= 15 is 0 Å². The molecule has 8 N–H and O–H groups in total. The Kier molecular flexibility index (Phi) is 8.98. The number of aromatic nitrogens is 3. The molecule has 0 aliphatic carbocycles. The van der Waals surface area contributed by atoms with Gasteiger partial charge in [0, 0.05) is 44.8 Å². The molecular weight excluding hydrogens is 484 g/mol. The molecule has 0 radical (unpaired) electrons. The zero-order valence-corrected chi connectivity index (χ0v) is 21.5. The van der Waals surface area contributed by atoms with E-state index in [2.05, 4.69) is 25.9 Å². The van der Waals surface area contributed by atoms with E-state index in [1.807, 2.05) is 14.0 Å².